The summed E-state index contributed by atoms with van der Waals surface area (Å²) in [5.41, 5.74) is 2.33. The van der Waals surface area contributed by atoms with Gasteiger partial charge in [-0.2, -0.15) is 9.40 Å². The molecule has 0 saturated carbocycles. The van der Waals surface area contributed by atoms with Crippen molar-refractivity contribution in [3.63, 3.8) is 0 Å². The number of benzene rings is 1. The highest BCUT2D eigenvalue weighted by molar-refractivity contribution is 7.89. The summed E-state index contributed by atoms with van der Waals surface area (Å²) in [7, 11) is -3.40. The topological polar surface area (TPSA) is 66.1 Å². The molecule has 6 heteroatoms. The summed E-state index contributed by atoms with van der Waals surface area (Å²) < 4.78 is 27.3. The minimum atomic E-state index is -3.40. The maximum atomic E-state index is 12.8. The van der Waals surface area contributed by atoms with E-state index in [2.05, 4.69) is 10.2 Å². The molecular formula is C16H19N3O2S. The lowest BCUT2D eigenvalue weighted by molar-refractivity contribution is 0.358. The molecule has 1 aliphatic carbocycles. The Morgan fingerprint density at radius 3 is 2.82 bits per heavy atom. The van der Waals surface area contributed by atoms with Crippen molar-refractivity contribution in [1.82, 2.24) is 14.5 Å². The summed E-state index contributed by atoms with van der Waals surface area (Å²) in [5.74, 6) is 0. The second-order valence-electron chi connectivity index (χ2n) is 6.31. The van der Waals surface area contributed by atoms with Crippen molar-refractivity contribution in [1.29, 1.82) is 0 Å². The van der Waals surface area contributed by atoms with E-state index >= 15 is 0 Å². The molecule has 1 unspecified atom stereocenters. The second-order valence-corrected chi connectivity index (χ2v) is 8.24. The van der Waals surface area contributed by atoms with Crippen LogP contribution in [0.15, 0.2) is 41.4 Å². The third kappa shape index (κ3) is 2.01. The van der Waals surface area contributed by atoms with E-state index in [0.29, 0.717) is 18.0 Å². The molecule has 0 bridgehead atoms. The molecule has 1 aromatic carbocycles. The normalized spacial score (nSPS) is 25.5. The zero-order valence-electron chi connectivity index (χ0n) is 12.3. The average molecular weight is 317 g/mol. The molecule has 1 aromatic heterocycles. The Morgan fingerprint density at radius 2 is 2.00 bits per heavy atom. The zero-order valence-corrected chi connectivity index (χ0v) is 13.1. The number of aryl methyl sites for hydroxylation is 1. The Morgan fingerprint density at radius 1 is 1.18 bits per heavy atom. The van der Waals surface area contributed by atoms with Crippen molar-refractivity contribution in [3.8, 4) is 0 Å². The Balaban J connectivity index is 1.67. The number of nitrogens with one attached hydrogen (secondary N) is 1. The third-order valence-electron chi connectivity index (χ3n) is 5.05. The number of aromatic amines is 1. The van der Waals surface area contributed by atoms with E-state index in [1.807, 2.05) is 12.3 Å². The fourth-order valence-electron chi connectivity index (χ4n) is 3.89. The fraction of sp³-hybridized carbons (Fsp3) is 0.438. The first-order valence-electron chi connectivity index (χ1n) is 7.70. The van der Waals surface area contributed by atoms with Crippen molar-refractivity contribution < 1.29 is 8.42 Å². The van der Waals surface area contributed by atoms with Crippen LogP contribution in [0.1, 0.15) is 30.5 Å². The molecule has 1 atom stereocenters. The summed E-state index contributed by atoms with van der Waals surface area (Å²) in [6, 6.07) is 8.72. The summed E-state index contributed by atoms with van der Waals surface area (Å²) in [4.78, 5) is 0.382. The van der Waals surface area contributed by atoms with E-state index in [1.165, 1.54) is 5.56 Å². The number of aromatic nitrogens is 2. The molecule has 22 heavy (non-hydrogen) atoms. The molecule has 116 valence electrons. The van der Waals surface area contributed by atoms with Crippen LogP contribution < -0.4 is 0 Å². The van der Waals surface area contributed by atoms with E-state index in [1.54, 1.807) is 28.6 Å². The fourth-order valence-corrected chi connectivity index (χ4v) is 5.44. The van der Waals surface area contributed by atoms with Gasteiger partial charge >= 0.3 is 0 Å². The largest absolute Gasteiger partial charge is 0.282 e. The van der Waals surface area contributed by atoms with Crippen LogP contribution in [-0.4, -0.2) is 36.0 Å². The van der Waals surface area contributed by atoms with Gasteiger partial charge in [0.15, 0.2) is 0 Å². The molecule has 1 spiro atoms. The SMILES string of the molecule is O=S(=O)(c1ccccc1)N1CCC2(CCCc3cn[nH]c32)C1. The minimum Gasteiger partial charge on any atom is -0.282 e. The summed E-state index contributed by atoms with van der Waals surface area (Å²) in [5, 5.41) is 7.31. The van der Waals surface area contributed by atoms with Crippen LogP contribution in [0.5, 0.6) is 0 Å². The van der Waals surface area contributed by atoms with Crippen molar-refractivity contribution in [3.05, 3.63) is 47.8 Å². The van der Waals surface area contributed by atoms with Gasteiger partial charge in [0.25, 0.3) is 0 Å². The quantitative estimate of drug-likeness (QED) is 0.922. The second kappa shape index (κ2) is 4.93. The molecule has 0 amide bonds. The van der Waals surface area contributed by atoms with E-state index in [4.69, 9.17) is 0 Å². The van der Waals surface area contributed by atoms with Crippen LogP contribution in [0.4, 0.5) is 0 Å². The molecule has 1 saturated heterocycles. The van der Waals surface area contributed by atoms with Crippen LogP contribution in [0.25, 0.3) is 0 Å². The molecule has 1 fully saturated rings. The molecule has 2 aliphatic rings. The van der Waals surface area contributed by atoms with Crippen molar-refractivity contribution in [2.24, 2.45) is 0 Å². The third-order valence-corrected chi connectivity index (χ3v) is 6.91. The van der Waals surface area contributed by atoms with Gasteiger partial charge < -0.3 is 0 Å². The van der Waals surface area contributed by atoms with Crippen LogP contribution in [0.2, 0.25) is 0 Å². The van der Waals surface area contributed by atoms with E-state index in [-0.39, 0.29) is 5.41 Å². The number of hydrogen-bond donors (Lipinski definition) is 1. The maximum Gasteiger partial charge on any atom is 0.243 e. The van der Waals surface area contributed by atoms with E-state index in [9.17, 15) is 8.42 Å². The van der Waals surface area contributed by atoms with Gasteiger partial charge in [0, 0.05) is 24.2 Å². The first-order chi connectivity index (χ1) is 10.6. The predicted molar refractivity (Wildman–Crippen MR) is 83.0 cm³/mol. The smallest absolute Gasteiger partial charge is 0.243 e. The van der Waals surface area contributed by atoms with Crippen LogP contribution in [-0.2, 0) is 21.9 Å². The van der Waals surface area contributed by atoms with Gasteiger partial charge in [0.1, 0.15) is 0 Å². The minimum absolute atomic E-state index is 0.0774. The lowest BCUT2D eigenvalue weighted by Crippen LogP contribution is -2.37. The molecule has 2 heterocycles. The summed E-state index contributed by atoms with van der Waals surface area (Å²) in [6.07, 6.45) is 5.94. The monoisotopic (exact) mass is 317 g/mol. The number of rotatable bonds is 2. The van der Waals surface area contributed by atoms with Gasteiger partial charge in [-0.25, -0.2) is 8.42 Å². The van der Waals surface area contributed by atoms with Gasteiger partial charge in [-0.15, -0.1) is 0 Å². The highest BCUT2D eigenvalue weighted by Gasteiger charge is 2.47. The Bertz CT molecular complexity index is 785. The van der Waals surface area contributed by atoms with Gasteiger partial charge in [0.05, 0.1) is 11.1 Å². The molecule has 4 rings (SSSR count). The van der Waals surface area contributed by atoms with E-state index in [0.717, 1.165) is 31.4 Å². The highest BCUT2D eigenvalue weighted by atomic mass is 32.2. The average Bonchev–Trinajstić information content (AvgIpc) is 3.17. The number of nitrogens with zero attached hydrogens (tertiary/aromatic N) is 2. The molecule has 0 radical (unpaired) electrons. The van der Waals surface area contributed by atoms with E-state index < -0.39 is 10.0 Å². The number of sulfonamides is 1. The van der Waals surface area contributed by atoms with Gasteiger partial charge in [-0.05, 0) is 43.4 Å². The van der Waals surface area contributed by atoms with Crippen molar-refractivity contribution >= 4 is 10.0 Å². The first-order valence-corrected chi connectivity index (χ1v) is 9.14. The number of hydrogen-bond acceptors (Lipinski definition) is 3. The van der Waals surface area contributed by atoms with Crippen molar-refractivity contribution in [2.75, 3.05) is 13.1 Å². The Labute approximate surface area is 130 Å². The van der Waals surface area contributed by atoms with Crippen LogP contribution >= 0.6 is 0 Å². The van der Waals surface area contributed by atoms with Crippen LogP contribution in [0.3, 0.4) is 0 Å². The standard InChI is InChI=1S/C16H19N3O2S/c20-22(21,14-6-2-1-3-7-14)19-10-9-16(12-19)8-4-5-13-11-17-18-15(13)16/h1-3,6-7,11H,4-5,8-10,12H2,(H,17,18). The van der Waals surface area contributed by atoms with Gasteiger partial charge in [-0.3, -0.25) is 5.10 Å². The number of fused-ring (bicyclic) bond motifs is 2. The first kappa shape index (κ1) is 14.0. The highest BCUT2D eigenvalue weighted by Crippen LogP contribution is 2.44. The predicted octanol–water partition coefficient (Wildman–Crippen LogP) is 2.08. The zero-order chi connectivity index (χ0) is 15.2. The van der Waals surface area contributed by atoms with Crippen molar-refractivity contribution in [2.45, 2.75) is 36.0 Å². The maximum absolute atomic E-state index is 12.8. The van der Waals surface area contributed by atoms with Crippen LogP contribution in [0, 0.1) is 0 Å². The Kier molecular flexibility index (Phi) is 3.13. The lowest BCUT2D eigenvalue weighted by atomic mass is 9.73. The number of H-pyrrole nitrogens is 1. The molecule has 2 aromatic rings. The molecule has 5 nitrogen and oxygen atoms in total. The van der Waals surface area contributed by atoms with Gasteiger partial charge in [0.2, 0.25) is 10.0 Å². The molecule has 1 aliphatic heterocycles. The molecule has 1 N–H and O–H groups in total. The molecular weight excluding hydrogens is 298 g/mol. The lowest BCUT2D eigenvalue weighted by Gasteiger charge is -2.32. The summed E-state index contributed by atoms with van der Waals surface area (Å²) in [6.45, 7) is 1.13. The van der Waals surface area contributed by atoms with Gasteiger partial charge in [-0.1, -0.05) is 18.2 Å². The Hall–Kier alpha value is -1.66. The summed E-state index contributed by atoms with van der Waals surface area (Å²) >= 11 is 0.